The molecule has 1 heterocycles. The van der Waals surface area contributed by atoms with E-state index in [9.17, 15) is 4.79 Å². The molecule has 0 fully saturated rings. The fourth-order valence-corrected chi connectivity index (χ4v) is 3.20. The van der Waals surface area contributed by atoms with E-state index < -0.39 is 0 Å². The summed E-state index contributed by atoms with van der Waals surface area (Å²) in [6.45, 7) is 6.89. The maximum atomic E-state index is 11.8. The first-order valence-electron chi connectivity index (χ1n) is 7.97. The molecule has 0 aliphatic carbocycles. The molecule has 124 valence electrons. The number of ether oxygens (including phenoxy) is 1. The fraction of sp³-hybridized carbons (Fsp3) is 0.647. The second-order valence-electron chi connectivity index (χ2n) is 5.47. The summed E-state index contributed by atoms with van der Waals surface area (Å²) < 4.78 is 5.39. The van der Waals surface area contributed by atoms with Gasteiger partial charge in [-0.15, -0.1) is 11.8 Å². The molecule has 1 unspecified atom stereocenters. The molecule has 0 spiro atoms. The first-order chi connectivity index (χ1) is 10.6. The molecule has 0 saturated carbocycles. The van der Waals surface area contributed by atoms with Crippen LogP contribution >= 0.6 is 23.4 Å². The highest BCUT2D eigenvalue weighted by molar-refractivity contribution is 7.99. The van der Waals surface area contributed by atoms with E-state index in [4.69, 9.17) is 16.3 Å². The van der Waals surface area contributed by atoms with Crippen molar-refractivity contribution in [2.75, 3.05) is 12.4 Å². The fourth-order valence-electron chi connectivity index (χ4n) is 2.09. The third-order valence-electron chi connectivity index (χ3n) is 3.62. The highest BCUT2D eigenvalue weighted by atomic mass is 35.5. The van der Waals surface area contributed by atoms with Gasteiger partial charge in [0.25, 0.3) is 0 Å². The van der Waals surface area contributed by atoms with E-state index in [1.54, 1.807) is 18.0 Å². The Balaban J connectivity index is 2.25. The van der Waals surface area contributed by atoms with Crippen LogP contribution in [0.2, 0.25) is 5.15 Å². The van der Waals surface area contributed by atoms with Crippen molar-refractivity contribution in [3.8, 4) is 0 Å². The van der Waals surface area contributed by atoms with Gasteiger partial charge in [0.15, 0.2) is 0 Å². The van der Waals surface area contributed by atoms with Crippen LogP contribution in [0.1, 0.15) is 51.5 Å². The molecule has 22 heavy (non-hydrogen) atoms. The van der Waals surface area contributed by atoms with E-state index in [1.165, 1.54) is 12.8 Å². The summed E-state index contributed by atoms with van der Waals surface area (Å²) >= 11 is 7.44. The molecule has 1 aromatic heterocycles. The monoisotopic (exact) mass is 343 g/mol. The van der Waals surface area contributed by atoms with Gasteiger partial charge < -0.3 is 4.74 Å². The lowest BCUT2D eigenvalue weighted by atomic mass is 10.0. The van der Waals surface area contributed by atoms with Crippen LogP contribution in [-0.2, 0) is 9.53 Å². The summed E-state index contributed by atoms with van der Waals surface area (Å²) in [7, 11) is 0. The van der Waals surface area contributed by atoms with Crippen molar-refractivity contribution in [3.05, 3.63) is 23.0 Å². The highest BCUT2D eigenvalue weighted by Gasteiger charge is 2.10. The standard InChI is InChI=1S/C17H26ClNO2S/c1-4-6-7-14(5-2)12-21-17(20)8-9-22-15-11-19-16(18)10-13(15)3/h10-11,14H,4-9,12H2,1-3H3. The summed E-state index contributed by atoms with van der Waals surface area (Å²) in [6, 6.07) is 1.84. The molecule has 0 N–H and O–H groups in total. The Morgan fingerprint density at radius 1 is 1.45 bits per heavy atom. The maximum absolute atomic E-state index is 11.8. The Hall–Kier alpha value is -0.740. The topological polar surface area (TPSA) is 39.2 Å². The molecule has 0 aliphatic heterocycles. The largest absolute Gasteiger partial charge is 0.465 e. The Morgan fingerprint density at radius 3 is 2.86 bits per heavy atom. The molecule has 3 nitrogen and oxygen atoms in total. The van der Waals surface area contributed by atoms with Crippen LogP contribution in [0, 0.1) is 12.8 Å². The third kappa shape index (κ3) is 7.50. The van der Waals surface area contributed by atoms with E-state index in [1.807, 2.05) is 13.0 Å². The summed E-state index contributed by atoms with van der Waals surface area (Å²) in [5, 5.41) is 0.499. The Labute approximate surface area is 143 Å². The van der Waals surface area contributed by atoms with Crippen molar-refractivity contribution >= 4 is 29.3 Å². The SMILES string of the molecule is CCCCC(CC)COC(=O)CCSc1cnc(Cl)cc1C. The predicted molar refractivity (Wildman–Crippen MR) is 93.6 cm³/mol. The molecule has 0 bridgehead atoms. The van der Waals surface area contributed by atoms with Crippen molar-refractivity contribution in [1.29, 1.82) is 0 Å². The molecule has 0 radical (unpaired) electrons. The quantitative estimate of drug-likeness (QED) is 0.329. The van der Waals surface area contributed by atoms with Crippen molar-refractivity contribution in [1.82, 2.24) is 4.98 Å². The number of carbonyl (C=O) groups is 1. The van der Waals surface area contributed by atoms with Crippen LogP contribution in [0.4, 0.5) is 0 Å². The molecule has 1 atom stereocenters. The summed E-state index contributed by atoms with van der Waals surface area (Å²) in [4.78, 5) is 16.9. The minimum Gasteiger partial charge on any atom is -0.465 e. The highest BCUT2D eigenvalue weighted by Crippen LogP contribution is 2.24. The third-order valence-corrected chi connectivity index (χ3v) is 4.97. The maximum Gasteiger partial charge on any atom is 0.306 e. The van der Waals surface area contributed by atoms with Gasteiger partial charge in [-0.2, -0.15) is 0 Å². The summed E-state index contributed by atoms with van der Waals surface area (Å²) in [6.07, 6.45) is 6.79. The number of hydrogen-bond acceptors (Lipinski definition) is 4. The zero-order valence-corrected chi connectivity index (χ0v) is 15.3. The second kappa shape index (κ2) is 10.9. The number of unbranched alkanes of at least 4 members (excludes halogenated alkanes) is 1. The zero-order valence-electron chi connectivity index (χ0n) is 13.7. The van der Waals surface area contributed by atoms with Gasteiger partial charge in [-0.05, 0) is 30.9 Å². The molecule has 1 rings (SSSR count). The molecular weight excluding hydrogens is 318 g/mol. The van der Waals surface area contributed by atoms with Crippen LogP contribution in [-0.4, -0.2) is 23.3 Å². The molecule has 5 heteroatoms. The van der Waals surface area contributed by atoms with Gasteiger partial charge >= 0.3 is 5.97 Å². The lowest BCUT2D eigenvalue weighted by Gasteiger charge is -2.14. The van der Waals surface area contributed by atoms with E-state index in [0.717, 1.165) is 23.3 Å². The minimum atomic E-state index is -0.109. The van der Waals surface area contributed by atoms with Gasteiger partial charge in [0.05, 0.1) is 13.0 Å². The van der Waals surface area contributed by atoms with Crippen LogP contribution in [0.25, 0.3) is 0 Å². The number of carbonyl (C=O) groups excluding carboxylic acids is 1. The van der Waals surface area contributed by atoms with Crippen molar-refractivity contribution in [2.24, 2.45) is 5.92 Å². The lowest BCUT2D eigenvalue weighted by Crippen LogP contribution is -2.14. The minimum absolute atomic E-state index is 0.109. The molecular formula is C17H26ClNO2S. The Kier molecular flexibility index (Phi) is 9.56. The van der Waals surface area contributed by atoms with Gasteiger partial charge in [0.2, 0.25) is 0 Å². The Bertz CT molecular complexity index is 468. The number of nitrogens with zero attached hydrogens (tertiary/aromatic N) is 1. The predicted octanol–water partition coefficient (Wildman–Crippen LogP) is 5.29. The number of halogens is 1. The normalized spacial score (nSPS) is 12.2. The average Bonchev–Trinajstić information content (AvgIpc) is 2.49. The first-order valence-corrected chi connectivity index (χ1v) is 9.33. The summed E-state index contributed by atoms with van der Waals surface area (Å²) in [5.41, 5.74) is 1.09. The van der Waals surface area contributed by atoms with E-state index in [2.05, 4.69) is 18.8 Å². The number of esters is 1. The van der Waals surface area contributed by atoms with Crippen molar-refractivity contribution in [2.45, 2.75) is 57.8 Å². The molecule has 0 aromatic carbocycles. The molecule has 0 amide bonds. The van der Waals surface area contributed by atoms with Gasteiger partial charge in [0, 0.05) is 16.8 Å². The zero-order chi connectivity index (χ0) is 16.4. The number of rotatable bonds is 10. The van der Waals surface area contributed by atoms with Gasteiger partial charge in [-0.25, -0.2) is 4.98 Å². The van der Waals surface area contributed by atoms with Gasteiger partial charge in [-0.1, -0.05) is 44.7 Å². The Morgan fingerprint density at radius 2 is 2.23 bits per heavy atom. The number of aryl methyl sites for hydroxylation is 1. The van der Waals surface area contributed by atoms with Crippen LogP contribution in [0.3, 0.4) is 0 Å². The van der Waals surface area contributed by atoms with Gasteiger partial charge in [-0.3, -0.25) is 4.79 Å². The van der Waals surface area contributed by atoms with E-state index in [-0.39, 0.29) is 5.97 Å². The molecule has 1 aromatic rings. The number of hydrogen-bond donors (Lipinski definition) is 0. The number of thioether (sulfide) groups is 1. The van der Waals surface area contributed by atoms with E-state index in [0.29, 0.717) is 29.9 Å². The number of pyridine rings is 1. The summed E-state index contributed by atoms with van der Waals surface area (Å²) in [5.74, 6) is 1.09. The van der Waals surface area contributed by atoms with Gasteiger partial charge in [0.1, 0.15) is 5.15 Å². The second-order valence-corrected chi connectivity index (χ2v) is 6.99. The van der Waals surface area contributed by atoms with Crippen LogP contribution in [0.5, 0.6) is 0 Å². The number of aromatic nitrogens is 1. The van der Waals surface area contributed by atoms with Crippen molar-refractivity contribution in [3.63, 3.8) is 0 Å². The van der Waals surface area contributed by atoms with Crippen LogP contribution in [0.15, 0.2) is 17.2 Å². The smallest absolute Gasteiger partial charge is 0.306 e. The van der Waals surface area contributed by atoms with Crippen molar-refractivity contribution < 1.29 is 9.53 Å². The van der Waals surface area contributed by atoms with Crippen LogP contribution < -0.4 is 0 Å². The first kappa shape index (κ1) is 19.3. The van der Waals surface area contributed by atoms with E-state index >= 15 is 0 Å². The molecule has 0 aliphatic rings. The molecule has 0 saturated heterocycles. The lowest BCUT2D eigenvalue weighted by molar-refractivity contribution is -0.144. The average molecular weight is 344 g/mol.